The lowest BCUT2D eigenvalue weighted by molar-refractivity contribution is -0.928. The van der Waals surface area contributed by atoms with E-state index in [4.69, 9.17) is 9.47 Å². The van der Waals surface area contributed by atoms with Gasteiger partial charge in [-0.2, -0.15) is 0 Å². The second-order valence-electron chi connectivity index (χ2n) is 7.62. The lowest BCUT2D eigenvalue weighted by Crippen LogP contribution is -2.55. The fourth-order valence-corrected chi connectivity index (χ4v) is 4.04. The van der Waals surface area contributed by atoms with Crippen LogP contribution in [0.5, 0.6) is 11.5 Å². The predicted molar refractivity (Wildman–Crippen MR) is 106 cm³/mol. The van der Waals surface area contributed by atoms with Crippen molar-refractivity contribution in [3.05, 3.63) is 59.2 Å². The Morgan fingerprint density at radius 2 is 1.74 bits per heavy atom. The fraction of sp³-hybridized carbons (Fsp3) is 0.409. The molecule has 0 saturated carbocycles. The quantitative estimate of drug-likeness (QED) is 0.761. The third-order valence-corrected chi connectivity index (χ3v) is 5.57. The zero-order chi connectivity index (χ0) is 19.6. The second kappa shape index (κ2) is 7.61. The maximum atomic E-state index is 12.6. The molecule has 1 heterocycles. The van der Waals surface area contributed by atoms with Gasteiger partial charge in [0.2, 0.25) is 0 Å². The predicted octanol–water partition coefficient (Wildman–Crippen LogP) is 2.88. The lowest BCUT2D eigenvalue weighted by atomic mass is 9.85. The van der Waals surface area contributed by atoms with Gasteiger partial charge in [0.1, 0.15) is 6.04 Å². The number of hydrogen-bond donors (Lipinski definition) is 0. The Kier molecular flexibility index (Phi) is 5.42. The van der Waals surface area contributed by atoms with Crippen LogP contribution in [0.2, 0.25) is 0 Å². The van der Waals surface area contributed by atoms with Crippen molar-refractivity contribution in [2.24, 2.45) is 0 Å². The molecule has 2 aromatic rings. The van der Waals surface area contributed by atoms with Crippen LogP contribution in [0, 0.1) is 0 Å². The topological polar surface area (TPSA) is 38.8 Å². The Balaban J connectivity index is 2.15. The van der Waals surface area contributed by atoms with Crippen LogP contribution < -0.4 is 9.47 Å². The molecule has 1 amide bonds. The minimum atomic E-state index is 0.0682. The van der Waals surface area contributed by atoms with Crippen molar-refractivity contribution in [2.45, 2.75) is 12.5 Å². The van der Waals surface area contributed by atoms with Gasteiger partial charge >= 0.3 is 0 Å². The number of nitrogens with zero attached hydrogens (tertiary/aromatic N) is 2. The number of fused-ring (bicyclic) bond motifs is 1. The SMILES string of the molecule is COc1cc2c(cc1OC)[C@@H](c1ccccc1)[N@+](C)(CC(=O)N(C)C)CC2. The standard InChI is InChI=1S/C22H29N2O3/c1-23(2)21(25)15-24(3)12-11-17-13-19(26-4)20(27-5)14-18(17)22(24)16-9-7-6-8-10-16/h6-10,13-14,22H,11-12,15H2,1-5H3/q+1/t22-,24+/m1/s1. The summed E-state index contributed by atoms with van der Waals surface area (Å²) in [6, 6.07) is 14.7. The van der Waals surface area contributed by atoms with Crippen molar-refractivity contribution in [3.63, 3.8) is 0 Å². The van der Waals surface area contributed by atoms with Crippen LogP contribution >= 0.6 is 0 Å². The zero-order valence-electron chi connectivity index (χ0n) is 16.9. The number of hydrogen-bond acceptors (Lipinski definition) is 3. The molecule has 0 radical (unpaired) electrons. The molecule has 0 aromatic heterocycles. The van der Waals surface area contributed by atoms with Gasteiger partial charge in [0, 0.05) is 31.6 Å². The Bertz CT molecular complexity index is 820. The number of carbonyl (C=O) groups is 1. The molecule has 0 unspecified atom stereocenters. The minimum Gasteiger partial charge on any atom is -0.493 e. The Labute approximate surface area is 161 Å². The summed E-state index contributed by atoms with van der Waals surface area (Å²) in [5.41, 5.74) is 3.67. The number of ether oxygens (including phenoxy) is 2. The summed E-state index contributed by atoms with van der Waals surface area (Å²) in [7, 11) is 9.14. The first-order chi connectivity index (χ1) is 12.9. The van der Waals surface area contributed by atoms with Crippen molar-refractivity contribution >= 4 is 5.91 Å². The van der Waals surface area contributed by atoms with Crippen LogP contribution in [-0.4, -0.2) is 63.7 Å². The number of carbonyl (C=O) groups excluding carboxylic acids is 1. The van der Waals surface area contributed by atoms with E-state index in [-0.39, 0.29) is 11.9 Å². The summed E-state index contributed by atoms with van der Waals surface area (Å²) in [5, 5.41) is 0. The summed E-state index contributed by atoms with van der Waals surface area (Å²) in [6.07, 6.45) is 0.899. The lowest BCUT2D eigenvalue weighted by Gasteiger charge is -2.45. The largest absolute Gasteiger partial charge is 0.493 e. The van der Waals surface area contributed by atoms with Crippen molar-refractivity contribution in [1.29, 1.82) is 0 Å². The molecule has 0 fully saturated rings. The van der Waals surface area contributed by atoms with Crippen LogP contribution in [-0.2, 0) is 11.2 Å². The summed E-state index contributed by atoms with van der Waals surface area (Å²) in [6.45, 7) is 1.35. The van der Waals surface area contributed by atoms with Crippen LogP contribution in [0.15, 0.2) is 42.5 Å². The second-order valence-corrected chi connectivity index (χ2v) is 7.62. The van der Waals surface area contributed by atoms with Crippen LogP contribution in [0.1, 0.15) is 22.7 Å². The zero-order valence-corrected chi connectivity index (χ0v) is 16.9. The molecule has 0 bridgehead atoms. The summed E-state index contributed by atoms with van der Waals surface area (Å²) in [5.74, 6) is 1.62. The highest BCUT2D eigenvalue weighted by Crippen LogP contribution is 2.43. The van der Waals surface area contributed by atoms with Gasteiger partial charge in [-0.15, -0.1) is 0 Å². The summed E-state index contributed by atoms with van der Waals surface area (Å²) >= 11 is 0. The van der Waals surface area contributed by atoms with E-state index in [1.807, 2.05) is 20.2 Å². The van der Waals surface area contributed by atoms with E-state index < -0.39 is 0 Å². The number of rotatable bonds is 5. The molecule has 2 atom stereocenters. The first kappa shape index (κ1) is 19.2. The average molecular weight is 369 g/mol. The van der Waals surface area contributed by atoms with E-state index in [2.05, 4.69) is 43.4 Å². The molecule has 5 nitrogen and oxygen atoms in total. The van der Waals surface area contributed by atoms with E-state index >= 15 is 0 Å². The van der Waals surface area contributed by atoms with E-state index in [0.717, 1.165) is 24.5 Å². The van der Waals surface area contributed by atoms with E-state index in [0.29, 0.717) is 11.0 Å². The average Bonchev–Trinajstić information content (AvgIpc) is 2.67. The maximum absolute atomic E-state index is 12.6. The molecule has 0 saturated heterocycles. The molecule has 0 N–H and O–H groups in total. The van der Waals surface area contributed by atoms with E-state index in [1.165, 1.54) is 16.7 Å². The highest BCUT2D eigenvalue weighted by Gasteiger charge is 2.42. The van der Waals surface area contributed by atoms with Gasteiger partial charge in [-0.25, -0.2) is 0 Å². The maximum Gasteiger partial charge on any atom is 0.277 e. The van der Waals surface area contributed by atoms with Crippen molar-refractivity contribution in [3.8, 4) is 11.5 Å². The van der Waals surface area contributed by atoms with Gasteiger partial charge in [0.25, 0.3) is 5.91 Å². The van der Waals surface area contributed by atoms with Gasteiger partial charge in [-0.1, -0.05) is 30.3 Å². The van der Waals surface area contributed by atoms with Crippen molar-refractivity contribution < 1.29 is 18.8 Å². The monoisotopic (exact) mass is 369 g/mol. The van der Waals surface area contributed by atoms with Crippen LogP contribution in [0.3, 0.4) is 0 Å². The van der Waals surface area contributed by atoms with Gasteiger partial charge in [0.05, 0.1) is 27.8 Å². The molecule has 27 heavy (non-hydrogen) atoms. The molecule has 144 valence electrons. The minimum absolute atomic E-state index is 0.0682. The number of likely N-dealkylation sites (N-methyl/N-ethyl adjacent to an activating group) is 2. The summed E-state index contributed by atoms with van der Waals surface area (Å²) in [4.78, 5) is 14.3. The number of benzene rings is 2. The number of methoxy groups -OCH3 is 2. The van der Waals surface area contributed by atoms with E-state index in [9.17, 15) is 4.79 Å². The molecule has 1 aliphatic rings. The van der Waals surface area contributed by atoms with E-state index in [1.54, 1.807) is 19.1 Å². The van der Waals surface area contributed by atoms with Gasteiger partial charge in [-0.3, -0.25) is 4.79 Å². The molecule has 0 aliphatic carbocycles. The highest BCUT2D eigenvalue weighted by molar-refractivity contribution is 5.76. The Morgan fingerprint density at radius 3 is 2.33 bits per heavy atom. The number of quaternary nitrogens is 1. The first-order valence-corrected chi connectivity index (χ1v) is 9.23. The summed E-state index contributed by atoms with van der Waals surface area (Å²) < 4.78 is 11.7. The van der Waals surface area contributed by atoms with Crippen LogP contribution in [0.4, 0.5) is 0 Å². The molecule has 1 aliphatic heterocycles. The number of amides is 1. The molecule has 5 heteroatoms. The molecular weight excluding hydrogens is 340 g/mol. The van der Waals surface area contributed by atoms with Gasteiger partial charge < -0.3 is 18.9 Å². The van der Waals surface area contributed by atoms with Crippen molar-refractivity contribution in [1.82, 2.24) is 4.90 Å². The van der Waals surface area contributed by atoms with Gasteiger partial charge in [0.15, 0.2) is 18.0 Å². The smallest absolute Gasteiger partial charge is 0.277 e. The molecule has 0 spiro atoms. The molecule has 3 rings (SSSR count). The normalized spacial score (nSPS) is 21.3. The Morgan fingerprint density at radius 1 is 1.11 bits per heavy atom. The van der Waals surface area contributed by atoms with Crippen molar-refractivity contribution in [2.75, 3.05) is 48.5 Å². The third-order valence-electron chi connectivity index (χ3n) is 5.57. The first-order valence-electron chi connectivity index (χ1n) is 9.23. The molecule has 2 aromatic carbocycles. The van der Waals surface area contributed by atoms with Crippen LogP contribution in [0.25, 0.3) is 0 Å². The third kappa shape index (κ3) is 3.65. The Hall–Kier alpha value is -2.53. The fourth-order valence-electron chi connectivity index (χ4n) is 4.04. The van der Waals surface area contributed by atoms with Gasteiger partial charge in [-0.05, 0) is 17.7 Å². The highest BCUT2D eigenvalue weighted by atomic mass is 16.5. The molecular formula is C22H29N2O3+.